The number of nitrogens with one attached hydrogen (secondary N) is 2. The zero-order chi connectivity index (χ0) is 13.0. The molecule has 0 saturated heterocycles. The molecule has 2 rings (SSSR count). The van der Waals surface area contributed by atoms with E-state index in [1.165, 1.54) is 23.1 Å². The summed E-state index contributed by atoms with van der Waals surface area (Å²) in [6.07, 6.45) is 5.46. The Morgan fingerprint density at radius 3 is 3.22 bits per heavy atom. The van der Waals surface area contributed by atoms with E-state index in [1.54, 1.807) is 6.20 Å². The van der Waals surface area contributed by atoms with Crippen LogP contribution in [0.3, 0.4) is 0 Å². The lowest BCUT2D eigenvalue weighted by Gasteiger charge is -2.12. The molecule has 1 amide bonds. The lowest BCUT2D eigenvalue weighted by Crippen LogP contribution is -2.23. The first kappa shape index (κ1) is 13.6. The van der Waals surface area contributed by atoms with E-state index in [1.807, 2.05) is 19.2 Å². The lowest BCUT2D eigenvalue weighted by molar-refractivity contribution is -0.113. The maximum absolute atomic E-state index is 11.7. The molecular formula is C10H11BrN4OS2. The number of amidine groups is 1. The molecule has 8 heteroatoms. The van der Waals surface area contributed by atoms with E-state index < -0.39 is 0 Å². The maximum atomic E-state index is 11.7. The highest BCUT2D eigenvalue weighted by Gasteiger charge is 2.10. The van der Waals surface area contributed by atoms with Gasteiger partial charge in [-0.05, 0) is 28.9 Å². The Labute approximate surface area is 121 Å². The van der Waals surface area contributed by atoms with Crippen molar-refractivity contribution in [2.45, 2.75) is 13.0 Å². The summed E-state index contributed by atoms with van der Waals surface area (Å²) in [4.78, 5) is 20.0. The van der Waals surface area contributed by atoms with Crippen molar-refractivity contribution in [2.24, 2.45) is 4.99 Å². The number of hydrogen-bond donors (Lipinski definition) is 2. The topological polar surface area (TPSA) is 66.4 Å². The molecule has 0 aliphatic carbocycles. The maximum Gasteiger partial charge on any atom is 0.236 e. The van der Waals surface area contributed by atoms with Crippen LogP contribution in [0.2, 0.25) is 0 Å². The van der Waals surface area contributed by atoms with E-state index in [9.17, 15) is 4.79 Å². The van der Waals surface area contributed by atoms with Gasteiger partial charge in [0.25, 0.3) is 0 Å². The number of hydrogen-bond acceptors (Lipinski definition) is 6. The minimum atomic E-state index is -0.0893. The molecule has 1 aromatic rings. The van der Waals surface area contributed by atoms with Crippen molar-refractivity contribution in [3.05, 3.63) is 22.3 Å². The fourth-order valence-electron chi connectivity index (χ4n) is 1.20. The number of nitrogens with zero attached hydrogens (tertiary/aromatic N) is 2. The third kappa shape index (κ3) is 4.11. The zero-order valence-corrected chi connectivity index (χ0v) is 12.7. The van der Waals surface area contributed by atoms with Crippen LogP contribution < -0.4 is 10.6 Å². The Kier molecular flexibility index (Phi) is 4.79. The number of thiazole rings is 1. The predicted molar refractivity (Wildman–Crippen MR) is 80.1 cm³/mol. The molecular weight excluding hydrogens is 336 g/mol. The Morgan fingerprint density at radius 1 is 1.72 bits per heavy atom. The first-order valence-corrected chi connectivity index (χ1v) is 7.78. The second-order valence-electron chi connectivity index (χ2n) is 3.48. The van der Waals surface area contributed by atoms with Gasteiger partial charge in [-0.15, -0.1) is 0 Å². The molecule has 1 aliphatic rings. The van der Waals surface area contributed by atoms with Crippen LogP contribution in [0.1, 0.15) is 6.92 Å². The smallest absolute Gasteiger partial charge is 0.236 e. The molecule has 1 unspecified atom stereocenters. The van der Waals surface area contributed by atoms with Crippen molar-refractivity contribution in [1.82, 2.24) is 10.3 Å². The summed E-state index contributed by atoms with van der Waals surface area (Å²) in [6, 6.07) is 0.159. The van der Waals surface area contributed by atoms with Crippen LogP contribution >= 0.6 is 39.0 Å². The van der Waals surface area contributed by atoms with E-state index in [-0.39, 0.29) is 11.9 Å². The Balaban J connectivity index is 1.78. The van der Waals surface area contributed by atoms with Gasteiger partial charge in [-0.3, -0.25) is 9.79 Å². The fraction of sp³-hybridized carbons (Fsp3) is 0.300. The molecule has 0 radical (unpaired) electrons. The Hall–Kier alpha value is -0.860. The second kappa shape index (κ2) is 6.35. The molecule has 18 heavy (non-hydrogen) atoms. The van der Waals surface area contributed by atoms with Gasteiger partial charge in [0.05, 0.1) is 21.8 Å². The van der Waals surface area contributed by atoms with Gasteiger partial charge in [0, 0.05) is 6.20 Å². The number of amides is 1. The SMILES string of the molecule is CC1C=CNC(SCC(=O)Nc2ncc(Br)s2)=N1. The van der Waals surface area contributed by atoms with Gasteiger partial charge in [-0.2, -0.15) is 0 Å². The van der Waals surface area contributed by atoms with E-state index >= 15 is 0 Å². The number of anilines is 1. The van der Waals surface area contributed by atoms with Gasteiger partial charge in [-0.25, -0.2) is 4.98 Å². The van der Waals surface area contributed by atoms with E-state index in [0.29, 0.717) is 10.9 Å². The molecule has 0 fully saturated rings. The highest BCUT2D eigenvalue weighted by Crippen LogP contribution is 2.23. The van der Waals surface area contributed by atoms with Crippen molar-refractivity contribution in [1.29, 1.82) is 0 Å². The number of carbonyl (C=O) groups excluding carboxylic acids is 1. The monoisotopic (exact) mass is 346 g/mol. The van der Waals surface area contributed by atoms with Crippen molar-refractivity contribution in [2.75, 3.05) is 11.1 Å². The molecule has 1 aromatic heterocycles. The Bertz CT molecular complexity index is 500. The van der Waals surface area contributed by atoms with Crippen LogP contribution in [-0.2, 0) is 4.79 Å². The van der Waals surface area contributed by atoms with Crippen LogP contribution in [0, 0.1) is 0 Å². The van der Waals surface area contributed by atoms with Gasteiger partial charge >= 0.3 is 0 Å². The van der Waals surface area contributed by atoms with Gasteiger partial charge < -0.3 is 10.6 Å². The highest BCUT2D eigenvalue weighted by molar-refractivity contribution is 9.11. The molecule has 1 atom stereocenters. The van der Waals surface area contributed by atoms with Crippen LogP contribution in [-0.4, -0.2) is 27.9 Å². The molecule has 1 aliphatic heterocycles. The molecule has 0 spiro atoms. The predicted octanol–water partition coefficient (Wildman–Crippen LogP) is 2.44. The summed E-state index contributed by atoms with van der Waals surface area (Å²) in [6.45, 7) is 1.99. The van der Waals surface area contributed by atoms with Gasteiger partial charge in [0.15, 0.2) is 10.3 Å². The third-order valence-corrected chi connectivity index (χ3v) is 4.26. The third-order valence-electron chi connectivity index (χ3n) is 1.97. The average Bonchev–Trinajstić information content (AvgIpc) is 2.72. The van der Waals surface area contributed by atoms with Crippen LogP contribution in [0.25, 0.3) is 0 Å². The molecule has 0 bridgehead atoms. The number of rotatable bonds is 3. The summed E-state index contributed by atoms with van der Waals surface area (Å²) in [5.74, 6) is 0.220. The van der Waals surface area contributed by atoms with Crippen molar-refractivity contribution in [3.8, 4) is 0 Å². The summed E-state index contributed by atoms with van der Waals surface area (Å²) >= 11 is 6.05. The van der Waals surface area contributed by atoms with E-state index in [2.05, 4.69) is 36.5 Å². The number of aromatic nitrogens is 1. The number of carbonyl (C=O) groups is 1. The van der Waals surface area contributed by atoms with Crippen LogP contribution in [0.4, 0.5) is 5.13 Å². The van der Waals surface area contributed by atoms with E-state index in [0.717, 1.165) is 8.95 Å². The number of thioether (sulfide) groups is 1. The number of halogens is 1. The summed E-state index contributed by atoms with van der Waals surface area (Å²) in [5.41, 5.74) is 0. The lowest BCUT2D eigenvalue weighted by atomic mass is 10.3. The first-order valence-electron chi connectivity index (χ1n) is 5.18. The van der Waals surface area contributed by atoms with E-state index in [4.69, 9.17) is 0 Å². The van der Waals surface area contributed by atoms with Crippen molar-refractivity contribution >= 4 is 55.2 Å². The van der Waals surface area contributed by atoms with Crippen molar-refractivity contribution in [3.63, 3.8) is 0 Å². The van der Waals surface area contributed by atoms with Gasteiger partial charge in [0.1, 0.15) is 0 Å². The summed E-state index contributed by atoms with van der Waals surface area (Å²) in [5, 5.41) is 7.10. The van der Waals surface area contributed by atoms with Gasteiger partial charge in [-0.1, -0.05) is 23.1 Å². The molecule has 0 saturated carbocycles. The van der Waals surface area contributed by atoms with Crippen LogP contribution in [0.15, 0.2) is 27.3 Å². The average molecular weight is 347 g/mol. The highest BCUT2D eigenvalue weighted by atomic mass is 79.9. The normalized spacial score (nSPS) is 18.1. The number of aliphatic imine (C=N–C) groups is 1. The largest absolute Gasteiger partial charge is 0.342 e. The van der Waals surface area contributed by atoms with Crippen LogP contribution in [0.5, 0.6) is 0 Å². The minimum Gasteiger partial charge on any atom is -0.342 e. The molecule has 5 nitrogen and oxygen atoms in total. The quantitative estimate of drug-likeness (QED) is 0.881. The minimum absolute atomic E-state index is 0.0893. The standard InChI is InChI=1S/C10H11BrN4OS2/c1-6-2-3-12-9(14-6)17-5-8(16)15-10-13-4-7(11)18-10/h2-4,6H,5H2,1H3,(H,12,14)(H,13,15,16). The molecule has 2 heterocycles. The molecule has 0 aromatic carbocycles. The summed E-state index contributed by atoms with van der Waals surface area (Å²) in [7, 11) is 0. The molecule has 96 valence electrons. The first-order chi connectivity index (χ1) is 8.63. The summed E-state index contributed by atoms with van der Waals surface area (Å²) < 4.78 is 0.891. The fourth-order valence-corrected chi connectivity index (χ4v) is 3.06. The zero-order valence-electron chi connectivity index (χ0n) is 9.51. The van der Waals surface area contributed by atoms with Crippen molar-refractivity contribution < 1.29 is 4.79 Å². The molecule has 2 N–H and O–H groups in total. The second-order valence-corrected chi connectivity index (χ2v) is 6.86. The van der Waals surface area contributed by atoms with Gasteiger partial charge in [0.2, 0.25) is 5.91 Å². The Morgan fingerprint density at radius 2 is 2.56 bits per heavy atom.